The molecule has 1 heterocycles. The Balaban J connectivity index is 2.06. The van der Waals surface area contributed by atoms with E-state index in [0.717, 1.165) is 25.3 Å². The molecule has 0 spiro atoms. The van der Waals surface area contributed by atoms with Crippen LogP contribution in [-0.4, -0.2) is 36.1 Å². The summed E-state index contributed by atoms with van der Waals surface area (Å²) in [5.74, 6) is -0.102. The average Bonchev–Trinajstić information content (AvgIpc) is 2.69. The smallest absolute Gasteiger partial charge is 0.338 e. The third-order valence-corrected chi connectivity index (χ3v) is 4.38. The first kappa shape index (κ1) is 14.4. The number of nitrogens with two attached hydrogens (primary N) is 1. The van der Waals surface area contributed by atoms with E-state index >= 15 is 0 Å². The standard InChI is InChI=1S/C13H19F3N2O/c1-12(6-2-3-10(12)17)11(19)18-7-4-9(5-8-18)13(14,15)16/h4,10H,2-3,5-8,17H2,1H3. The molecule has 0 saturated heterocycles. The van der Waals surface area contributed by atoms with Crippen molar-refractivity contribution in [1.29, 1.82) is 0 Å². The van der Waals surface area contributed by atoms with Crippen molar-refractivity contribution in [1.82, 2.24) is 4.90 Å². The van der Waals surface area contributed by atoms with Crippen LogP contribution in [0.15, 0.2) is 11.6 Å². The third kappa shape index (κ3) is 2.63. The van der Waals surface area contributed by atoms with Crippen LogP contribution >= 0.6 is 0 Å². The molecular formula is C13H19F3N2O. The molecular weight excluding hydrogens is 257 g/mol. The summed E-state index contributed by atoms with van der Waals surface area (Å²) in [5, 5.41) is 0. The number of rotatable bonds is 1. The SMILES string of the molecule is CC1(C(=O)N2CC=C(C(F)(F)F)CC2)CCCC1N. The second-order valence-electron chi connectivity index (χ2n) is 5.64. The molecule has 1 saturated carbocycles. The highest BCUT2D eigenvalue weighted by Gasteiger charge is 2.46. The Kier molecular flexibility index (Phi) is 3.64. The summed E-state index contributed by atoms with van der Waals surface area (Å²) in [4.78, 5) is 13.9. The maximum Gasteiger partial charge on any atom is 0.412 e. The highest BCUT2D eigenvalue weighted by molar-refractivity contribution is 5.84. The highest BCUT2D eigenvalue weighted by atomic mass is 19.4. The Bertz CT molecular complexity index is 405. The van der Waals surface area contributed by atoms with Gasteiger partial charge < -0.3 is 10.6 Å². The predicted molar refractivity (Wildman–Crippen MR) is 65.3 cm³/mol. The fraction of sp³-hybridized carbons (Fsp3) is 0.769. The molecule has 1 aliphatic heterocycles. The van der Waals surface area contributed by atoms with Crippen molar-refractivity contribution in [3.63, 3.8) is 0 Å². The monoisotopic (exact) mass is 276 g/mol. The first-order valence-corrected chi connectivity index (χ1v) is 6.56. The van der Waals surface area contributed by atoms with E-state index < -0.39 is 17.2 Å². The summed E-state index contributed by atoms with van der Waals surface area (Å²) in [6.45, 7) is 2.00. The topological polar surface area (TPSA) is 46.3 Å². The van der Waals surface area contributed by atoms with E-state index in [1.165, 1.54) is 4.90 Å². The van der Waals surface area contributed by atoms with Gasteiger partial charge >= 0.3 is 6.18 Å². The van der Waals surface area contributed by atoms with E-state index in [-0.39, 0.29) is 31.5 Å². The van der Waals surface area contributed by atoms with Gasteiger partial charge in [0, 0.05) is 24.7 Å². The number of hydrogen-bond acceptors (Lipinski definition) is 2. The third-order valence-electron chi connectivity index (χ3n) is 4.38. The molecule has 108 valence electrons. The van der Waals surface area contributed by atoms with Crippen LogP contribution in [0.25, 0.3) is 0 Å². The van der Waals surface area contributed by atoms with Gasteiger partial charge in [-0.15, -0.1) is 0 Å². The number of halogens is 3. The normalized spacial score (nSPS) is 32.4. The number of hydrogen-bond donors (Lipinski definition) is 1. The van der Waals surface area contributed by atoms with E-state index in [1.54, 1.807) is 0 Å². The van der Waals surface area contributed by atoms with Crippen molar-refractivity contribution in [3.05, 3.63) is 11.6 Å². The van der Waals surface area contributed by atoms with Crippen molar-refractivity contribution in [3.8, 4) is 0 Å². The van der Waals surface area contributed by atoms with Crippen LogP contribution in [0, 0.1) is 5.41 Å². The van der Waals surface area contributed by atoms with Gasteiger partial charge in [0.2, 0.25) is 5.91 Å². The number of amides is 1. The number of carbonyl (C=O) groups excluding carboxylic acids is 1. The summed E-state index contributed by atoms with van der Waals surface area (Å²) in [6.07, 6.45) is -0.853. The van der Waals surface area contributed by atoms with Crippen LogP contribution in [0.1, 0.15) is 32.6 Å². The molecule has 1 fully saturated rings. The van der Waals surface area contributed by atoms with E-state index in [0.29, 0.717) is 0 Å². The van der Waals surface area contributed by atoms with Gasteiger partial charge in [0.05, 0.1) is 5.41 Å². The van der Waals surface area contributed by atoms with Crippen LogP contribution in [-0.2, 0) is 4.79 Å². The number of carbonyl (C=O) groups is 1. The zero-order valence-corrected chi connectivity index (χ0v) is 11.0. The Labute approximate surface area is 110 Å². The molecule has 1 aliphatic carbocycles. The van der Waals surface area contributed by atoms with E-state index in [1.807, 2.05) is 6.92 Å². The van der Waals surface area contributed by atoms with Gasteiger partial charge in [-0.3, -0.25) is 4.79 Å². The molecule has 2 aliphatic rings. The summed E-state index contributed by atoms with van der Waals surface area (Å²) < 4.78 is 37.5. The minimum Gasteiger partial charge on any atom is -0.338 e. The van der Waals surface area contributed by atoms with Crippen molar-refractivity contribution in [2.24, 2.45) is 11.1 Å². The van der Waals surface area contributed by atoms with Gasteiger partial charge in [-0.25, -0.2) is 0 Å². The fourth-order valence-electron chi connectivity index (χ4n) is 2.93. The molecule has 2 atom stereocenters. The lowest BCUT2D eigenvalue weighted by Crippen LogP contribution is -2.50. The second-order valence-corrected chi connectivity index (χ2v) is 5.64. The van der Waals surface area contributed by atoms with Crippen LogP contribution in [0.2, 0.25) is 0 Å². The van der Waals surface area contributed by atoms with E-state index in [4.69, 9.17) is 5.73 Å². The molecule has 0 radical (unpaired) electrons. The van der Waals surface area contributed by atoms with Crippen LogP contribution in [0.4, 0.5) is 13.2 Å². The van der Waals surface area contributed by atoms with E-state index in [2.05, 4.69) is 0 Å². The predicted octanol–water partition coefficient (Wildman–Crippen LogP) is 2.22. The van der Waals surface area contributed by atoms with Gasteiger partial charge in [-0.1, -0.05) is 12.5 Å². The molecule has 2 rings (SSSR count). The molecule has 0 aromatic rings. The van der Waals surface area contributed by atoms with Crippen molar-refractivity contribution >= 4 is 5.91 Å². The van der Waals surface area contributed by atoms with E-state index in [9.17, 15) is 18.0 Å². The first-order valence-electron chi connectivity index (χ1n) is 6.56. The largest absolute Gasteiger partial charge is 0.412 e. The van der Waals surface area contributed by atoms with Crippen LogP contribution in [0.3, 0.4) is 0 Å². The summed E-state index contributed by atoms with van der Waals surface area (Å²) in [6, 6.07) is -0.187. The number of alkyl halides is 3. The maximum atomic E-state index is 12.5. The van der Waals surface area contributed by atoms with Gasteiger partial charge in [0.25, 0.3) is 0 Å². The van der Waals surface area contributed by atoms with Gasteiger partial charge in [-0.2, -0.15) is 13.2 Å². The Hall–Kier alpha value is -1.04. The van der Waals surface area contributed by atoms with Crippen molar-refractivity contribution in [2.75, 3.05) is 13.1 Å². The molecule has 2 unspecified atom stereocenters. The van der Waals surface area contributed by atoms with Gasteiger partial charge in [-0.05, 0) is 26.2 Å². The minimum atomic E-state index is -4.27. The molecule has 0 aromatic carbocycles. The Morgan fingerprint density at radius 2 is 2.21 bits per heavy atom. The summed E-state index contributed by atoms with van der Waals surface area (Å²) in [5.41, 5.74) is 4.84. The fourth-order valence-corrected chi connectivity index (χ4v) is 2.93. The first-order chi connectivity index (χ1) is 8.75. The molecule has 1 amide bonds. The molecule has 6 heteroatoms. The second kappa shape index (κ2) is 4.81. The molecule has 0 bridgehead atoms. The van der Waals surface area contributed by atoms with Gasteiger partial charge in [0.1, 0.15) is 0 Å². The zero-order chi connectivity index (χ0) is 14.3. The molecule has 2 N–H and O–H groups in total. The molecule has 0 aromatic heterocycles. The lowest BCUT2D eigenvalue weighted by Gasteiger charge is -2.36. The average molecular weight is 276 g/mol. The minimum absolute atomic E-state index is 0.0377. The van der Waals surface area contributed by atoms with Crippen LogP contribution in [0.5, 0.6) is 0 Å². The Morgan fingerprint density at radius 1 is 1.53 bits per heavy atom. The summed E-state index contributed by atoms with van der Waals surface area (Å²) in [7, 11) is 0. The van der Waals surface area contributed by atoms with Crippen molar-refractivity contribution < 1.29 is 18.0 Å². The number of nitrogens with zero attached hydrogens (tertiary/aromatic N) is 1. The maximum absolute atomic E-state index is 12.5. The van der Waals surface area contributed by atoms with Gasteiger partial charge in [0.15, 0.2) is 0 Å². The molecule has 19 heavy (non-hydrogen) atoms. The highest BCUT2D eigenvalue weighted by Crippen LogP contribution is 2.39. The molecule has 3 nitrogen and oxygen atoms in total. The van der Waals surface area contributed by atoms with Crippen LogP contribution < -0.4 is 5.73 Å². The quantitative estimate of drug-likeness (QED) is 0.746. The Morgan fingerprint density at radius 3 is 2.63 bits per heavy atom. The summed E-state index contributed by atoms with van der Waals surface area (Å²) >= 11 is 0. The zero-order valence-electron chi connectivity index (χ0n) is 11.0. The lowest BCUT2D eigenvalue weighted by molar-refractivity contribution is -0.142. The van der Waals surface area contributed by atoms with Crippen molar-refractivity contribution in [2.45, 2.75) is 44.8 Å². The lowest BCUT2D eigenvalue weighted by atomic mass is 9.83.